The van der Waals surface area contributed by atoms with E-state index in [2.05, 4.69) is 91.0 Å². The average molecular weight is 513 g/mol. The molecule has 3 aromatic carbocycles. The van der Waals surface area contributed by atoms with E-state index in [-0.39, 0.29) is 7.92 Å². The van der Waals surface area contributed by atoms with Gasteiger partial charge in [-0.25, -0.2) is 0 Å². The maximum Gasteiger partial charge on any atom is 0.501 e. The van der Waals surface area contributed by atoms with Crippen LogP contribution in [0.4, 0.5) is 0 Å². The minimum atomic E-state index is -2.65. The molecule has 0 aromatic heterocycles. The predicted molar refractivity (Wildman–Crippen MR) is 152 cm³/mol. The third-order valence-corrected chi connectivity index (χ3v) is 14.5. The van der Waals surface area contributed by atoms with Gasteiger partial charge in [-0.15, -0.1) is 0 Å². The van der Waals surface area contributed by atoms with Crippen molar-refractivity contribution in [1.82, 2.24) is 0 Å². The molecule has 3 aromatic rings. The second kappa shape index (κ2) is 14.9. The van der Waals surface area contributed by atoms with E-state index in [1.54, 1.807) is 0 Å². The van der Waals surface area contributed by atoms with Gasteiger partial charge in [-0.3, -0.25) is 0 Å². The zero-order valence-corrected chi connectivity index (χ0v) is 23.5. The minimum Gasteiger partial charge on any atom is -0.374 e. The van der Waals surface area contributed by atoms with E-state index < -0.39 is 16.7 Å². The van der Waals surface area contributed by atoms with E-state index in [1.165, 1.54) is 28.2 Å². The summed E-state index contributed by atoms with van der Waals surface area (Å²) in [5, 5.41) is 4.36. The molecular formula is C28H38O3P2Si. The zero-order valence-electron chi connectivity index (χ0n) is 20.7. The molecule has 34 heavy (non-hydrogen) atoms. The first kappa shape index (κ1) is 27.2. The lowest BCUT2D eigenvalue weighted by Crippen LogP contribution is -2.46. The Morgan fingerprint density at radius 3 is 1.35 bits per heavy atom. The highest BCUT2D eigenvalue weighted by Crippen LogP contribution is 2.43. The molecule has 3 rings (SSSR count). The van der Waals surface area contributed by atoms with Crippen LogP contribution in [-0.4, -0.2) is 47.1 Å². The van der Waals surface area contributed by atoms with Crippen molar-refractivity contribution >= 4 is 40.6 Å². The first-order chi connectivity index (χ1) is 16.7. The Labute approximate surface area is 209 Å². The quantitative estimate of drug-likeness (QED) is 0.185. The molecular weight excluding hydrogens is 474 g/mol. The van der Waals surface area contributed by atoms with Gasteiger partial charge in [0.1, 0.15) is 0 Å². The Balaban J connectivity index is 1.81. The number of hydrogen-bond acceptors (Lipinski definition) is 3. The number of rotatable bonds is 15. The molecule has 0 radical (unpaired) electrons. The second-order valence-corrected chi connectivity index (χ2v) is 15.4. The number of benzene rings is 3. The molecule has 0 N–H and O–H groups in total. The lowest BCUT2D eigenvalue weighted by Gasteiger charge is -2.30. The average Bonchev–Trinajstić information content (AvgIpc) is 2.88. The van der Waals surface area contributed by atoms with Gasteiger partial charge in [0, 0.05) is 25.9 Å². The fourth-order valence-corrected chi connectivity index (χ4v) is 13.3. The van der Waals surface area contributed by atoms with Gasteiger partial charge in [-0.05, 0) is 63.1 Å². The topological polar surface area (TPSA) is 27.7 Å². The van der Waals surface area contributed by atoms with Crippen molar-refractivity contribution in [2.75, 3.05) is 38.3 Å². The summed E-state index contributed by atoms with van der Waals surface area (Å²) in [7, 11) is -3.41. The fraction of sp³-hybridized carbons (Fsp3) is 0.357. The molecule has 0 saturated carbocycles. The van der Waals surface area contributed by atoms with E-state index >= 15 is 0 Å². The van der Waals surface area contributed by atoms with Crippen molar-refractivity contribution in [1.29, 1.82) is 0 Å². The highest BCUT2D eigenvalue weighted by molar-refractivity contribution is 7.74. The Morgan fingerprint density at radius 2 is 0.941 bits per heavy atom. The van der Waals surface area contributed by atoms with Crippen LogP contribution in [0.15, 0.2) is 91.0 Å². The van der Waals surface area contributed by atoms with Crippen LogP contribution in [0.2, 0.25) is 6.04 Å². The minimum absolute atomic E-state index is 0.355. The Hall–Kier alpha value is -1.38. The molecule has 1 unspecified atom stereocenters. The van der Waals surface area contributed by atoms with Crippen molar-refractivity contribution in [3.8, 4) is 0 Å². The summed E-state index contributed by atoms with van der Waals surface area (Å²) in [6.07, 6.45) is 3.43. The third kappa shape index (κ3) is 8.09. The van der Waals surface area contributed by atoms with E-state index in [1.807, 2.05) is 20.8 Å². The summed E-state index contributed by atoms with van der Waals surface area (Å²) in [6.45, 7) is 7.99. The monoisotopic (exact) mass is 512 g/mol. The molecule has 0 heterocycles. The van der Waals surface area contributed by atoms with Crippen LogP contribution in [0.25, 0.3) is 0 Å². The molecule has 0 fully saturated rings. The smallest absolute Gasteiger partial charge is 0.374 e. The summed E-state index contributed by atoms with van der Waals surface area (Å²) in [6, 6.07) is 34.0. The van der Waals surface area contributed by atoms with E-state index in [0.717, 1.165) is 12.2 Å². The van der Waals surface area contributed by atoms with Crippen molar-refractivity contribution in [2.24, 2.45) is 0 Å². The van der Waals surface area contributed by atoms with Gasteiger partial charge in [-0.1, -0.05) is 98.9 Å². The fourth-order valence-electron chi connectivity index (χ4n) is 4.13. The molecule has 6 heteroatoms. The van der Waals surface area contributed by atoms with Crippen LogP contribution >= 0.6 is 15.8 Å². The van der Waals surface area contributed by atoms with E-state index in [9.17, 15) is 0 Å². The molecule has 1 atom stereocenters. The van der Waals surface area contributed by atoms with Crippen molar-refractivity contribution in [3.05, 3.63) is 91.0 Å². The molecule has 182 valence electrons. The summed E-state index contributed by atoms with van der Waals surface area (Å²) >= 11 is 0. The molecule has 0 spiro atoms. The maximum atomic E-state index is 6.17. The zero-order chi connectivity index (χ0) is 24.1. The standard InChI is InChI=1S/C28H38O3P2Si/c1-4-29-34(30-5-2,31-6-3)25-24-32(26-16-10-7-11-17-26)22-23-33(27-18-12-8-13-19-27)28-20-14-9-15-21-28/h7-21H,4-6,22-25H2,1-3H3. The molecule has 0 bridgehead atoms. The van der Waals surface area contributed by atoms with Crippen molar-refractivity contribution in [3.63, 3.8) is 0 Å². The third-order valence-electron chi connectivity index (χ3n) is 5.63. The summed E-state index contributed by atoms with van der Waals surface area (Å²) in [5.74, 6) is 0. The Morgan fingerprint density at radius 1 is 0.529 bits per heavy atom. The Kier molecular flexibility index (Phi) is 11.9. The van der Waals surface area contributed by atoms with E-state index in [0.29, 0.717) is 19.8 Å². The van der Waals surface area contributed by atoms with Crippen LogP contribution in [0.3, 0.4) is 0 Å². The van der Waals surface area contributed by atoms with Gasteiger partial charge in [-0.2, -0.15) is 0 Å². The first-order valence-corrected chi connectivity index (χ1v) is 17.5. The van der Waals surface area contributed by atoms with E-state index in [4.69, 9.17) is 13.3 Å². The molecule has 0 amide bonds. The summed E-state index contributed by atoms with van der Waals surface area (Å²) in [4.78, 5) is 0. The Bertz CT molecular complexity index is 872. The SMILES string of the molecule is CCO[Si](CCP(CCP(c1ccccc1)c1ccccc1)c1ccccc1)(OCC)OCC. The van der Waals surface area contributed by atoms with Gasteiger partial charge in [0.05, 0.1) is 0 Å². The van der Waals surface area contributed by atoms with Gasteiger partial charge in [0.2, 0.25) is 0 Å². The summed E-state index contributed by atoms with van der Waals surface area (Å²) < 4.78 is 18.5. The molecule has 0 aliphatic rings. The van der Waals surface area contributed by atoms with Crippen molar-refractivity contribution < 1.29 is 13.3 Å². The maximum absolute atomic E-state index is 6.17. The highest BCUT2D eigenvalue weighted by Gasteiger charge is 2.40. The van der Waals surface area contributed by atoms with Gasteiger partial charge in [0.25, 0.3) is 0 Å². The van der Waals surface area contributed by atoms with Crippen molar-refractivity contribution in [2.45, 2.75) is 26.8 Å². The first-order valence-electron chi connectivity index (χ1n) is 12.3. The lowest BCUT2D eigenvalue weighted by atomic mass is 10.4. The van der Waals surface area contributed by atoms with Gasteiger partial charge >= 0.3 is 8.80 Å². The van der Waals surface area contributed by atoms with Crippen LogP contribution in [0.5, 0.6) is 0 Å². The lowest BCUT2D eigenvalue weighted by molar-refractivity contribution is 0.0728. The largest absolute Gasteiger partial charge is 0.501 e. The highest BCUT2D eigenvalue weighted by atomic mass is 31.1. The molecule has 0 aliphatic carbocycles. The van der Waals surface area contributed by atoms with Crippen LogP contribution in [0, 0.1) is 0 Å². The summed E-state index contributed by atoms with van der Waals surface area (Å²) in [5.41, 5.74) is 0. The van der Waals surface area contributed by atoms with Gasteiger partial charge in [0.15, 0.2) is 0 Å². The van der Waals surface area contributed by atoms with Crippen LogP contribution < -0.4 is 15.9 Å². The normalized spacial score (nSPS) is 12.7. The van der Waals surface area contributed by atoms with Gasteiger partial charge < -0.3 is 13.3 Å². The predicted octanol–water partition coefficient (Wildman–Crippen LogP) is 5.98. The molecule has 0 saturated heterocycles. The second-order valence-electron chi connectivity index (χ2n) is 7.88. The van der Waals surface area contributed by atoms with Crippen LogP contribution in [0.1, 0.15) is 20.8 Å². The van der Waals surface area contributed by atoms with Crippen LogP contribution in [-0.2, 0) is 13.3 Å². The number of hydrogen-bond donors (Lipinski definition) is 0. The molecule has 3 nitrogen and oxygen atoms in total. The molecule has 0 aliphatic heterocycles.